The molecular weight excluding hydrogens is 282 g/mol. The van der Waals surface area contributed by atoms with Crippen LogP contribution in [0.2, 0.25) is 5.15 Å². The van der Waals surface area contributed by atoms with E-state index in [0.29, 0.717) is 18.1 Å². The quantitative estimate of drug-likeness (QED) is 0.593. The second-order valence-electron chi connectivity index (χ2n) is 4.19. The minimum atomic E-state index is -0.521. The zero-order valence-electron chi connectivity index (χ0n) is 10.5. The summed E-state index contributed by atoms with van der Waals surface area (Å²) >= 11 is 6.06. The van der Waals surface area contributed by atoms with Gasteiger partial charge in [0.05, 0.1) is 16.0 Å². The Balaban J connectivity index is 2.21. The number of aromatic amines is 1. The molecule has 2 aromatic heterocycles. The van der Waals surface area contributed by atoms with E-state index in [1.54, 1.807) is 6.92 Å². The first-order valence-corrected chi connectivity index (χ1v) is 6.36. The highest BCUT2D eigenvalue weighted by molar-refractivity contribution is 6.32. The number of aromatic nitrogens is 4. The molecule has 0 aliphatic rings. The van der Waals surface area contributed by atoms with Crippen LogP contribution in [0, 0.1) is 10.1 Å². The van der Waals surface area contributed by atoms with Crippen LogP contribution < -0.4 is 0 Å². The second-order valence-corrected chi connectivity index (χ2v) is 4.54. The third-order valence-corrected chi connectivity index (χ3v) is 3.31. The smallest absolute Gasteiger partial charge is 0.322 e. The van der Waals surface area contributed by atoms with E-state index in [1.807, 2.05) is 24.3 Å². The molecule has 0 aliphatic heterocycles. The molecule has 0 atom stereocenters. The summed E-state index contributed by atoms with van der Waals surface area (Å²) in [5, 5.41) is 15.2. The van der Waals surface area contributed by atoms with Gasteiger partial charge in [-0.15, -0.1) is 0 Å². The SMILES string of the molecule is CCc1nn(-c2nc3ccccc3[nH]2)c(Cl)c1[N+](=O)[O-]. The first-order chi connectivity index (χ1) is 9.61. The summed E-state index contributed by atoms with van der Waals surface area (Å²) in [4.78, 5) is 17.9. The maximum Gasteiger partial charge on any atom is 0.329 e. The lowest BCUT2D eigenvalue weighted by molar-refractivity contribution is -0.385. The van der Waals surface area contributed by atoms with E-state index >= 15 is 0 Å². The molecule has 102 valence electrons. The molecule has 0 unspecified atom stereocenters. The van der Waals surface area contributed by atoms with Crippen LogP contribution in [-0.4, -0.2) is 24.7 Å². The number of rotatable bonds is 3. The highest BCUT2D eigenvalue weighted by Gasteiger charge is 2.27. The summed E-state index contributed by atoms with van der Waals surface area (Å²) in [7, 11) is 0. The molecule has 3 aromatic rings. The molecule has 8 heteroatoms. The fourth-order valence-electron chi connectivity index (χ4n) is 2.03. The molecule has 0 aliphatic carbocycles. The zero-order valence-corrected chi connectivity index (χ0v) is 11.3. The summed E-state index contributed by atoms with van der Waals surface area (Å²) in [6.07, 6.45) is 0.420. The van der Waals surface area contributed by atoms with Crippen LogP contribution in [0.3, 0.4) is 0 Å². The van der Waals surface area contributed by atoms with E-state index in [4.69, 9.17) is 11.6 Å². The normalized spacial score (nSPS) is 11.1. The summed E-state index contributed by atoms with van der Waals surface area (Å²) in [5.41, 5.74) is 1.72. The number of hydrogen-bond donors (Lipinski definition) is 1. The Kier molecular flexibility index (Phi) is 2.90. The van der Waals surface area contributed by atoms with Gasteiger partial charge < -0.3 is 4.98 Å². The number of benzene rings is 1. The molecule has 0 radical (unpaired) electrons. The van der Waals surface area contributed by atoms with Crippen LogP contribution in [0.15, 0.2) is 24.3 Å². The van der Waals surface area contributed by atoms with Gasteiger partial charge in [-0.2, -0.15) is 9.78 Å². The molecular formula is C12H10ClN5O2. The van der Waals surface area contributed by atoms with Gasteiger partial charge >= 0.3 is 5.69 Å². The number of H-pyrrole nitrogens is 1. The van der Waals surface area contributed by atoms with E-state index in [0.717, 1.165) is 11.0 Å². The van der Waals surface area contributed by atoms with E-state index in [9.17, 15) is 10.1 Å². The van der Waals surface area contributed by atoms with Crippen molar-refractivity contribution in [2.24, 2.45) is 0 Å². The Hall–Kier alpha value is -2.41. The number of aryl methyl sites for hydroxylation is 1. The molecule has 1 aromatic carbocycles. The number of imidazole rings is 1. The molecule has 1 N–H and O–H groups in total. The number of halogens is 1. The lowest BCUT2D eigenvalue weighted by Crippen LogP contribution is -1.99. The average molecular weight is 292 g/mol. The monoisotopic (exact) mass is 291 g/mol. The van der Waals surface area contributed by atoms with E-state index < -0.39 is 4.92 Å². The van der Waals surface area contributed by atoms with E-state index in [2.05, 4.69) is 15.1 Å². The Bertz CT molecular complexity index is 774. The Morgan fingerprint density at radius 3 is 2.80 bits per heavy atom. The standard InChI is InChI=1S/C12H10ClN5O2/c1-2-7-10(18(19)20)11(13)17(16-7)12-14-8-5-3-4-6-9(8)15-12/h3-6H,2H2,1H3,(H,14,15). The number of nitrogens with zero attached hydrogens (tertiary/aromatic N) is 4. The van der Waals surface area contributed by atoms with Crippen molar-refractivity contribution in [2.45, 2.75) is 13.3 Å². The van der Waals surface area contributed by atoms with Gasteiger partial charge in [-0.05, 0) is 18.6 Å². The fraction of sp³-hybridized carbons (Fsp3) is 0.167. The molecule has 0 amide bonds. The van der Waals surface area contributed by atoms with Gasteiger partial charge in [0, 0.05) is 0 Å². The number of nitrogens with one attached hydrogen (secondary N) is 1. The van der Waals surface area contributed by atoms with Crippen LogP contribution in [0.1, 0.15) is 12.6 Å². The van der Waals surface area contributed by atoms with Crippen molar-refractivity contribution in [1.82, 2.24) is 19.7 Å². The summed E-state index contributed by atoms with van der Waals surface area (Å²) in [6, 6.07) is 7.42. The Labute approximate surface area is 118 Å². The van der Waals surface area contributed by atoms with Crippen LogP contribution >= 0.6 is 11.6 Å². The van der Waals surface area contributed by atoms with Crippen molar-refractivity contribution in [2.75, 3.05) is 0 Å². The summed E-state index contributed by atoms with van der Waals surface area (Å²) in [6.45, 7) is 1.79. The minimum absolute atomic E-state index is 0.0501. The lowest BCUT2D eigenvalue weighted by atomic mass is 10.3. The maximum absolute atomic E-state index is 11.1. The van der Waals surface area contributed by atoms with Crippen molar-refractivity contribution < 1.29 is 4.92 Å². The van der Waals surface area contributed by atoms with Gasteiger partial charge in [-0.3, -0.25) is 10.1 Å². The third-order valence-electron chi connectivity index (χ3n) is 2.97. The number of fused-ring (bicyclic) bond motifs is 1. The lowest BCUT2D eigenvalue weighted by Gasteiger charge is -1.95. The van der Waals surface area contributed by atoms with Gasteiger partial charge in [-0.1, -0.05) is 30.7 Å². The van der Waals surface area contributed by atoms with Crippen LogP contribution in [0.5, 0.6) is 0 Å². The average Bonchev–Trinajstić information content (AvgIpc) is 2.98. The molecule has 20 heavy (non-hydrogen) atoms. The predicted molar refractivity (Wildman–Crippen MR) is 74.3 cm³/mol. The van der Waals surface area contributed by atoms with E-state index in [-0.39, 0.29) is 10.8 Å². The maximum atomic E-state index is 11.1. The van der Waals surface area contributed by atoms with Crippen molar-refractivity contribution >= 4 is 28.3 Å². The van der Waals surface area contributed by atoms with Crippen molar-refractivity contribution in [3.8, 4) is 5.95 Å². The van der Waals surface area contributed by atoms with Crippen molar-refractivity contribution in [3.63, 3.8) is 0 Å². The molecule has 0 spiro atoms. The molecule has 7 nitrogen and oxygen atoms in total. The first-order valence-electron chi connectivity index (χ1n) is 5.98. The third kappa shape index (κ3) is 1.83. The van der Waals surface area contributed by atoms with Gasteiger partial charge in [0.2, 0.25) is 11.1 Å². The summed E-state index contributed by atoms with van der Waals surface area (Å²) in [5.74, 6) is 0.360. The molecule has 0 bridgehead atoms. The Morgan fingerprint density at radius 2 is 2.20 bits per heavy atom. The highest BCUT2D eigenvalue weighted by atomic mass is 35.5. The molecule has 0 saturated heterocycles. The van der Waals surface area contributed by atoms with Gasteiger partial charge in [0.1, 0.15) is 5.69 Å². The van der Waals surface area contributed by atoms with E-state index in [1.165, 1.54) is 4.68 Å². The topological polar surface area (TPSA) is 89.6 Å². The molecule has 2 heterocycles. The van der Waals surface area contributed by atoms with Crippen molar-refractivity contribution in [3.05, 3.63) is 45.2 Å². The second kappa shape index (κ2) is 4.61. The van der Waals surface area contributed by atoms with Crippen LogP contribution in [0.25, 0.3) is 17.0 Å². The Morgan fingerprint density at radius 1 is 1.45 bits per heavy atom. The number of nitro groups is 1. The number of hydrogen-bond acceptors (Lipinski definition) is 4. The number of para-hydroxylation sites is 2. The highest BCUT2D eigenvalue weighted by Crippen LogP contribution is 2.30. The minimum Gasteiger partial charge on any atom is -0.322 e. The van der Waals surface area contributed by atoms with Gasteiger partial charge in [0.25, 0.3) is 0 Å². The molecule has 0 saturated carbocycles. The zero-order chi connectivity index (χ0) is 14.3. The van der Waals surface area contributed by atoms with Crippen molar-refractivity contribution in [1.29, 1.82) is 0 Å². The largest absolute Gasteiger partial charge is 0.329 e. The van der Waals surface area contributed by atoms with Gasteiger partial charge in [0.15, 0.2) is 0 Å². The predicted octanol–water partition coefficient (Wildman–Crippen LogP) is 2.87. The summed E-state index contributed by atoms with van der Waals surface area (Å²) < 4.78 is 1.26. The molecule has 3 rings (SSSR count). The van der Waals surface area contributed by atoms with Crippen LogP contribution in [-0.2, 0) is 6.42 Å². The molecule has 0 fully saturated rings. The fourth-order valence-corrected chi connectivity index (χ4v) is 2.33. The van der Waals surface area contributed by atoms with Gasteiger partial charge in [-0.25, -0.2) is 4.98 Å². The first kappa shape index (κ1) is 12.6. The van der Waals surface area contributed by atoms with Crippen LogP contribution in [0.4, 0.5) is 5.69 Å².